The maximum atomic E-state index is 12.5. The molecular formula is C22H27NO4. The van der Waals surface area contributed by atoms with Crippen molar-refractivity contribution in [3.05, 3.63) is 70.1 Å². The number of rotatable bonds is 6. The number of hydrogen-bond acceptors (Lipinski definition) is 4. The van der Waals surface area contributed by atoms with Gasteiger partial charge in [0.15, 0.2) is 0 Å². The molecule has 2 aromatic rings. The van der Waals surface area contributed by atoms with Gasteiger partial charge in [0.1, 0.15) is 12.4 Å². The zero-order chi connectivity index (χ0) is 20.2. The molecule has 0 saturated heterocycles. The molecule has 0 saturated carbocycles. The Kier molecular flexibility index (Phi) is 6.04. The van der Waals surface area contributed by atoms with Crippen molar-refractivity contribution in [1.29, 1.82) is 0 Å². The first-order chi connectivity index (χ1) is 12.5. The molecule has 1 heterocycles. The minimum atomic E-state index is -0.795. The van der Waals surface area contributed by atoms with Gasteiger partial charge in [-0.3, -0.25) is 9.59 Å². The van der Waals surface area contributed by atoms with Crippen molar-refractivity contribution in [3.63, 3.8) is 0 Å². The van der Waals surface area contributed by atoms with E-state index < -0.39 is 16.8 Å². The number of ether oxygens (including phenoxy) is 1. The molecule has 27 heavy (non-hydrogen) atoms. The van der Waals surface area contributed by atoms with Gasteiger partial charge in [0, 0.05) is 17.7 Å². The van der Waals surface area contributed by atoms with Gasteiger partial charge in [0.25, 0.3) is 5.56 Å². The molecule has 1 aromatic heterocycles. The largest absolute Gasteiger partial charge is 0.461 e. The zero-order valence-electron chi connectivity index (χ0n) is 16.6. The minimum Gasteiger partial charge on any atom is -0.461 e. The van der Waals surface area contributed by atoms with Crippen LogP contribution in [0.25, 0.3) is 0 Å². The molecule has 0 amide bonds. The van der Waals surface area contributed by atoms with Gasteiger partial charge in [0.2, 0.25) is 0 Å². The molecule has 0 bridgehead atoms. The van der Waals surface area contributed by atoms with Crippen molar-refractivity contribution in [1.82, 2.24) is 4.57 Å². The first-order valence-corrected chi connectivity index (χ1v) is 8.97. The van der Waals surface area contributed by atoms with E-state index in [2.05, 4.69) is 0 Å². The molecule has 0 radical (unpaired) electrons. The van der Waals surface area contributed by atoms with E-state index in [9.17, 15) is 14.4 Å². The highest BCUT2D eigenvalue weighted by molar-refractivity contribution is 5.91. The summed E-state index contributed by atoms with van der Waals surface area (Å²) >= 11 is 0. The van der Waals surface area contributed by atoms with Gasteiger partial charge in [-0.15, -0.1) is 0 Å². The smallest absolute Gasteiger partial charge is 0.338 e. The highest BCUT2D eigenvalue weighted by Gasteiger charge is 2.37. The van der Waals surface area contributed by atoms with Gasteiger partial charge in [-0.2, -0.15) is 0 Å². The van der Waals surface area contributed by atoms with E-state index in [0.717, 1.165) is 5.56 Å². The Hall–Kier alpha value is -2.69. The Labute approximate surface area is 160 Å². The number of carbonyl (C=O) groups excluding carboxylic acids is 2. The van der Waals surface area contributed by atoms with Crippen LogP contribution in [0.5, 0.6) is 0 Å². The summed E-state index contributed by atoms with van der Waals surface area (Å²) < 4.78 is 6.84. The molecule has 5 nitrogen and oxygen atoms in total. The molecule has 1 aromatic carbocycles. The first kappa shape index (κ1) is 20.6. The van der Waals surface area contributed by atoms with Crippen molar-refractivity contribution >= 4 is 11.8 Å². The third-order valence-electron chi connectivity index (χ3n) is 4.29. The summed E-state index contributed by atoms with van der Waals surface area (Å²) in [4.78, 5) is 37.1. The van der Waals surface area contributed by atoms with Crippen molar-refractivity contribution < 1.29 is 14.3 Å². The third kappa shape index (κ3) is 5.39. The lowest BCUT2D eigenvalue weighted by atomic mass is 9.75. The summed E-state index contributed by atoms with van der Waals surface area (Å²) in [5, 5.41) is 0. The van der Waals surface area contributed by atoms with E-state index in [0.29, 0.717) is 6.54 Å². The SMILES string of the molecule is CC(C)(C)C(=O)C(C)(C)COC(=O)c1ccn(Cc2ccccc2)c(=O)c1. The molecule has 2 rings (SSSR count). The maximum absolute atomic E-state index is 12.5. The molecular weight excluding hydrogens is 342 g/mol. The Morgan fingerprint density at radius 3 is 2.19 bits per heavy atom. The molecule has 0 aliphatic carbocycles. The van der Waals surface area contributed by atoms with E-state index >= 15 is 0 Å². The standard InChI is InChI=1S/C22H27NO4/c1-21(2,3)20(26)22(4,5)15-27-19(25)17-11-12-23(18(24)13-17)14-16-9-7-6-8-10-16/h6-13H,14-15H2,1-5H3. The van der Waals surface area contributed by atoms with E-state index in [4.69, 9.17) is 4.74 Å². The van der Waals surface area contributed by atoms with Crippen LogP contribution in [0, 0.1) is 10.8 Å². The van der Waals surface area contributed by atoms with Crippen LogP contribution >= 0.6 is 0 Å². The summed E-state index contributed by atoms with van der Waals surface area (Å²) in [6.45, 7) is 9.43. The topological polar surface area (TPSA) is 65.4 Å². The van der Waals surface area contributed by atoms with Crippen molar-refractivity contribution in [2.24, 2.45) is 10.8 Å². The fraction of sp³-hybridized carbons (Fsp3) is 0.409. The van der Waals surface area contributed by atoms with E-state index in [1.165, 1.54) is 10.6 Å². The van der Waals surface area contributed by atoms with Crippen LogP contribution in [-0.2, 0) is 16.1 Å². The fourth-order valence-corrected chi connectivity index (χ4v) is 2.96. The number of hydrogen-bond donors (Lipinski definition) is 0. The zero-order valence-corrected chi connectivity index (χ0v) is 16.6. The number of nitrogens with zero attached hydrogens (tertiary/aromatic N) is 1. The molecule has 0 spiro atoms. The lowest BCUT2D eigenvalue weighted by molar-refractivity contribution is -0.137. The lowest BCUT2D eigenvalue weighted by Gasteiger charge is -2.30. The summed E-state index contributed by atoms with van der Waals surface area (Å²) in [6, 6.07) is 12.4. The van der Waals surface area contributed by atoms with Crippen LogP contribution in [0.3, 0.4) is 0 Å². The van der Waals surface area contributed by atoms with Gasteiger partial charge < -0.3 is 9.30 Å². The quantitative estimate of drug-likeness (QED) is 0.729. The van der Waals surface area contributed by atoms with Gasteiger partial charge in [0.05, 0.1) is 17.5 Å². The molecule has 0 atom stereocenters. The van der Waals surface area contributed by atoms with Crippen LogP contribution < -0.4 is 5.56 Å². The number of aromatic nitrogens is 1. The average molecular weight is 369 g/mol. The summed E-state index contributed by atoms with van der Waals surface area (Å²) in [5.74, 6) is -0.588. The number of pyridine rings is 1. The van der Waals surface area contributed by atoms with Crippen molar-refractivity contribution in [2.45, 2.75) is 41.2 Å². The monoisotopic (exact) mass is 369 g/mol. The van der Waals surface area contributed by atoms with Crippen LogP contribution in [0.4, 0.5) is 0 Å². The molecule has 5 heteroatoms. The second kappa shape index (κ2) is 7.91. The second-order valence-corrected chi connectivity index (χ2v) is 8.41. The third-order valence-corrected chi connectivity index (χ3v) is 4.29. The number of esters is 1. The average Bonchev–Trinajstić information content (AvgIpc) is 2.61. The Bertz CT molecular complexity index is 873. The maximum Gasteiger partial charge on any atom is 0.338 e. The number of ketones is 1. The molecule has 0 unspecified atom stereocenters. The Morgan fingerprint density at radius 1 is 1.00 bits per heavy atom. The van der Waals surface area contributed by atoms with Crippen LogP contribution in [-0.4, -0.2) is 22.9 Å². The molecule has 0 fully saturated rings. The number of carbonyl (C=O) groups is 2. The van der Waals surface area contributed by atoms with Crippen LogP contribution in [0.2, 0.25) is 0 Å². The highest BCUT2D eigenvalue weighted by Crippen LogP contribution is 2.29. The molecule has 0 aliphatic heterocycles. The molecule has 0 aliphatic rings. The fourth-order valence-electron chi connectivity index (χ4n) is 2.96. The Morgan fingerprint density at radius 2 is 1.63 bits per heavy atom. The van der Waals surface area contributed by atoms with Crippen molar-refractivity contribution in [3.8, 4) is 0 Å². The summed E-state index contributed by atoms with van der Waals surface area (Å²) in [7, 11) is 0. The molecule has 0 N–H and O–H groups in total. The predicted octanol–water partition coefficient (Wildman–Crippen LogP) is 3.69. The number of Topliss-reactive ketones (excluding diaryl/α,β-unsaturated/α-hetero) is 1. The highest BCUT2D eigenvalue weighted by atomic mass is 16.5. The van der Waals surface area contributed by atoms with E-state index in [1.807, 2.05) is 51.1 Å². The van der Waals surface area contributed by atoms with Gasteiger partial charge in [-0.1, -0.05) is 51.1 Å². The second-order valence-electron chi connectivity index (χ2n) is 8.41. The lowest BCUT2D eigenvalue weighted by Crippen LogP contribution is -2.39. The summed E-state index contributed by atoms with van der Waals surface area (Å²) in [5.41, 5.74) is -0.414. The van der Waals surface area contributed by atoms with Gasteiger partial charge in [-0.05, 0) is 25.5 Å². The predicted molar refractivity (Wildman–Crippen MR) is 105 cm³/mol. The van der Waals surface area contributed by atoms with E-state index in [-0.39, 0.29) is 23.5 Å². The normalized spacial score (nSPS) is 11.9. The van der Waals surface area contributed by atoms with Crippen molar-refractivity contribution in [2.75, 3.05) is 6.61 Å². The number of benzene rings is 1. The first-order valence-electron chi connectivity index (χ1n) is 8.97. The van der Waals surface area contributed by atoms with Crippen LogP contribution in [0.15, 0.2) is 53.5 Å². The van der Waals surface area contributed by atoms with Gasteiger partial charge in [-0.25, -0.2) is 4.79 Å². The van der Waals surface area contributed by atoms with E-state index in [1.54, 1.807) is 26.1 Å². The van der Waals surface area contributed by atoms with Gasteiger partial charge >= 0.3 is 5.97 Å². The molecule has 144 valence electrons. The van der Waals surface area contributed by atoms with Crippen LogP contribution in [0.1, 0.15) is 50.5 Å². The Balaban J connectivity index is 2.06. The summed E-state index contributed by atoms with van der Waals surface area (Å²) in [6.07, 6.45) is 1.58. The minimum absolute atomic E-state index is 0.0149.